The highest BCUT2D eigenvalue weighted by atomic mass is 16.5. The molecule has 0 aromatic carbocycles. The van der Waals surface area contributed by atoms with Gasteiger partial charge in [-0.15, -0.1) is 0 Å². The number of nitrogens with two attached hydrogens (primary N) is 1. The molecule has 0 radical (unpaired) electrons. The van der Waals surface area contributed by atoms with Gasteiger partial charge < -0.3 is 15.8 Å². The van der Waals surface area contributed by atoms with Crippen LogP contribution in [0.4, 0.5) is 5.82 Å². The number of hydrogen-bond acceptors (Lipinski definition) is 4. The average molecular weight is 209 g/mol. The largest absolute Gasteiger partial charge is 0.481 e. The number of nitrogens with one attached hydrogen (secondary N) is 1. The number of pyridine rings is 1. The van der Waals surface area contributed by atoms with Crippen molar-refractivity contribution in [3.8, 4) is 5.88 Å². The van der Waals surface area contributed by atoms with Crippen molar-refractivity contribution < 1.29 is 4.74 Å². The minimum atomic E-state index is 0.267. The summed E-state index contributed by atoms with van der Waals surface area (Å²) < 4.78 is 5.03. The number of methoxy groups -OCH3 is 1. The summed E-state index contributed by atoms with van der Waals surface area (Å²) >= 11 is 0. The molecular weight excluding hydrogens is 190 g/mol. The van der Waals surface area contributed by atoms with Crippen LogP contribution in [0.15, 0.2) is 18.2 Å². The van der Waals surface area contributed by atoms with E-state index in [1.807, 2.05) is 18.2 Å². The summed E-state index contributed by atoms with van der Waals surface area (Å²) in [5.41, 5.74) is 5.81. The van der Waals surface area contributed by atoms with E-state index in [9.17, 15) is 0 Å². The smallest absolute Gasteiger partial charge is 0.214 e. The second-order valence-electron chi connectivity index (χ2n) is 3.45. The summed E-state index contributed by atoms with van der Waals surface area (Å²) in [4.78, 5) is 4.24. The monoisotopic (exact) mass is 209 g/mol. The molecule has 0 bridgehead atoms. The summed E-state index contributed by atoms with van der Waals surface area (Å²) in [5.74, 6) is 1.46. The third kappa shape index (κ3) is 4.16. The van der Waals surface area contributed by atoms with Crippen LogP contribution in [0.25, 0.3) is 0 Å². The lowest BCUT2D eigenvalue weighted by atomic mass is 10.2. The normalized spacial score (nSPS) is 12.2. The van der Waals surface area contributed by atoms with E-state index in [1.165, 1.54) is 0 Å². The first-order chi connectivity index (χ1) is 7.26. The van der Waals surface area contributed by atoms with E-state index in [0.717, 1.165) is 25.2 Å². The van der Waals surface area contributed by atoms with E-state index >= 15 is 0 Å². The number of nitrogens with zero attached hydrogens (tertiary/aromatic N) is 1. The van der Waals surface area contributed by atoms with Crippen molar-refractivity contribution in [3.05, 3.63) is 18.2 Å². The Kier molecular flexibility index (Phi) is 4.90. The molecule has 4 nitrogen and oxygen atoms in total. The van der Waals surface area contributed by atoms with Gasteiger partial charge in [-0.05, 0) is 18.9 Å². The zero-order chi connectivity index (χ0) is 11.1. The van der Waals surface area contributed by atoms with Crippen LogP contribution in [0.3, 0.4) is 0 Å². The Morgan fingerprint density at radius 2 is 2.33 bits per heavy atom. The molecule has 0 aliphatic carbocycles. The molecule has 3 N–H and O–H groups in total. The topological polar surface area (TPSA) is 60.2 Å². The molecule has 0 fully saturated rings. The maximum Gasteiger partial charge on any atom is 0.214 e. The van der Waals surface area contributed by atoms with Crippen molar-refractivity contribution in [3.63, 3.8) is 0 Å². The zero-order valence-electron chi connectivity index (χ0n) is 9.36. The Balaban J connectivity index is 2.37. The zero-order valence-corrected chi connectivity index (χ0v) is 9.36. The Morgan fingerprint density at radius 1 is 1.53 bits per heavy atom. The predicted molar refractivity (Wildman–Crippen MR) is 62.2 cm³/mol. The molecule has 1 heterocycles. The first kappa shape index (κ1) is 11.8. The van der Waals surface area contributed by atoms with Crippen molar-refractivity contribution in [1.82, 2.24) is 4.98 Å². The van der Waals surface area contributed by atoms with Gasteiger partial charge in [0.25, 0.3) is 0 Å². The van der Waals surface area contributed by atoms with Gasteiger partial charge in [-0.25, -0.2) is 0 Å². The highest BCUT2D eigenvalue weighted by molar-refractivity contribution is 5.36. The fourth-order valence-electron chi connectivity index (χ4n) is 1.22. The van der Waals surface area contributed by atoms with Crippen molar-refractivity contribution in [1.29, 1.82) is 0 Å². The molecule has 0 amide bonds. The second-order valence-corrected chi connectivity index (χ2v) is 3.45. The van der Waals surface area contributed by atoms with Crippen molar-refractivity contribution in [2.75, 3.05) is 19.0 Å². The van der Waals surface area contributed by atoms with Crippen LogP contribution in [0.1, 0.15) is 19.8 Å². The van der Waals surface area contributed by atoms with Gasteiger partial charge in [0.1, 0.15) is 5.82 Å². The Hall–Kier alpha value is -1.29. The molecule has 0 saturated heterocycles. The van der Waals surface area contributed by atoms with Gasteiger partial charge in [0, 0.05) is 18.7 Å². The lowest BCUT2D eigenvalue weighted by Crippen LogP contribution is -2.22. The summed E-state index contributed by atoms with van der Waals surface area (Å²) in [7, 11) is 1.61. The molecule has 15 heavy (non-hydrogen) atoms. The SMILES string of the molecule is CCC(N)CCNc1cccc(OC)n1. The summed E-state index contributed by atoms with van der Waals surface area (Å²) in [5, 5.41) is 3.21. The minimum absolute atomic E-state index is 0.267. The third-order valence-corrected chi connectivity index (χ3v) is 2.28. The van der Waals surface area contributed by atoms with E-state index in [0.29, 0.717) is 5.88 Å². The fourth-order valence-corrected chi connectivity index (χ4v) is 1.22. The van der Waals surface area contributed by atoms with E-state index in [1.54, 1.807) is 7.11 Å². The van der Waals surface area contributed by atoms with Crippen LogP contribution in [0.5, 0.6) is 5.88 Å². The molecule has 0 saturated carbocycles. The van der Waals surface area contributed by atoms with E-state index in [2.05, 4.69) is 17.2 Å². The number of rotatable bonds is 6. The highest BCUT2D eigenvalue weighted by Gasteiger charge is 1.99. The molecular formula is C11H19N3O. The minimum Gasteiger partial charge on any atom is -0.481 e. The van der Waals surface area contributed by atoms with Crippen LogP contribution in [-0.4, -0.2) is 24.7 Å². The van der Waals surface area contributed by atoms with Gasteiger partial charge in [0.15, 0.2) is 0 Å². The standard InChI is InChI=1S/C11H19N3O/c1-3-9(12)7-8-13-10-5-4-6-11(14-10)15-2/h4-6,9H,3,7-8,12H2,1-2H3,(H,13,14). The number of anilines is 1. The van der Waals surface area contributed by atoms with Crippen molar-refractivity contribution in [2.45, 2.75) is 25.8 Å². The van der Waals surface area contributed by atoms with Gasteiger partial charge in [0.2, 0.25) is 5.88 Å². The third-order valence-electron chi connectivity index (χ3n) is 2.28. The Morgan fingerprint density at radius 3 is 3.00 bits per heavy atom. The van der Waals surface area contributed by atoms with Gasteiger partial charge in [0.05, 0.1) is 7.11 Å². The van der Waals surface area contributed by atoms with Crippen LogP contribution in [0, 0.1) is 0 Å². The lowest BCUT2D eigenvalue weighted by Gasteiger charge is -2.10. The second kappa shape index (κ2) is 6.24. The quantitative estimate of drug-likeness (QED) is 0.747. The maximum absolute atomic E-state index is 5.81. The molecule has 84 valence electrons. The van der Waals surface area contributed by atoms with Crippen LogP contribution >= 0.6 is 0 Å². The van der Waals surface area contributed by atoms with Crippen LogP contribution < -0.4 is 15.8 Å². The van der Waals surface area contributed by atoms with E-state index in [4.69, 9.17) is 10.5 Å². The molecule has 0 aliphatic heterocycles. The Labute approximate surface area is 90.8 Å². The number of hydrogen-bond donors (Lipinski definition) is 2. The molecule has 0 spiro atoms. The lowest BCUT2D eigenvalue weighted by molar-refractivity contribution is 0.398. The number of ether oxygens (including phenoxy) is 1. The fraction of sp³-hybridized carbons (Fsp3) is 0.545. The van der Waals surface area contributed by atoms with Gasteiger partial charge >= 0.3 is 0 Å². The molecule has 1 aromatic rings. The van der Waals surface area contributed by atoms with E-state index in [-0.39, 0.29) is 6.04 Å². The van der Waals surface area contributed by atoms with Crippen molar-refractivity contribution >= 4 is 5.82 Å². The first-order valence-electron chi connectivity index (χ1n) is 5.26. The van der Waals surface area contributed by atoms with Crippen LogP contribution in [-0.2, 0) is 0 Å². The van der Waals surface area contributed by atoms with Gasteiger partial charge in [-0.1, -0.05) is 13.0 Å². The molecule has 0 aliphatic rings. The molecule has 1 rings (SSSR count). The van der Waals surface area contributed by atoms with Gasteiger partial charge in [-0.3, -0.25) is 0 Å². The predicted octanol–water partition coefficient (Wildman–Crippen LogP) is 1.63. The summed E-state index contributed by atoms with van der Waals surface area (Å²) in [6.45, 7) is 2.93. The molecule has 1 aromatic heterocycles. The van der Waals surface area contributed by atoms with Crippen molar-refractivity contribution in [2.24, 2.45) is 5.73 Å². The Bertz CT molecular complexity index is 291. The molecule has 4 heteroatoms. The van der Waals surface area contributed by atoms with E-state index < -0.39 is 0 Å². The summed E-state index contributed by atoms with van der Waals surface area (Å²) in [6.07, 6.45) is 1.96. The first-order valence-corrected chi connectivity index (χ1v) is 5.26. The molecule has 1 unspecified atom stereocenters. The average Bonchev–Trinajstić information content (AvgIpc) is 2.29. The maximum atomic E-state index is 5.81. The van der Waals surface area contributed by atoms with Crippen LogP contribution in [0.2, 0.25) is 0 Å². The molecule has 1 atom stereocenters. The van der Waals surface area contributed by atoms with Gasteiger partial charge in [-0.2, -0.15) is 4.98 Å². The number of aromatic nitrogens is 1. The highest BCUT2D eigenvalue weighted by Crippen LogP contribution is 2.10. The summed E-state index contributed by atoms with van der Waals surface area (Å²) in [6, 6.07) is 5.92.